The van der Waals surface area contributed by atoms with Crippen LogP contribution in [0.15, 0.2) is 12.1 Å². The second-order valence-corrected chi connectivity index (χ2v) is 10.7. The lowest BCUT2D eigenvalue weighted by Crippen LogP contribution is -2.03. The number of phenolic OH excluding ortho intramolecular Hbond substituents is 4. The Kier molecular flexibility index (Phi) is 6.42. The van der Waals surface area contributed by atoms with Crippen molar-refractivity contribution in [2.24, 2.45) is 0 Å². The molecular weight excluding hydrogens is 476 g/mol. The van der Waals surface area contributed by atoms with Crippen LogP contribution in [0.1, 0.15) is 84.0 Å². The summed E-state index contributed by atoms with van der Waals surface area (Å²) in [6.45, 7) is 15.4. The van der Waals surface area contributed by atoms with E-state index in [0.717, 1.165) is 33.4 Å². The molecule has 194 valence electrons. The maximum absolute atomic E-state index is 10.8. The van der Waals surface area contributed by atoms with Gasteiger partial charge in [-0.2, -0.15) is 10.5 Å². The van der Waals surface area contributed by atoms with Crippen molar-refractivity contribution in [2.75, 3.05) is 0 Å². The van der Waals surface area contributed by atoms with Crippen LogP contribution in [-0.4, -0.2) is 20.4 Å². The van der Waals surface area contributed by atoms with Crippen molar-refractivity contribution in [2.45, 2.75) is 67.2 Å². The van der Waals surface area contributed by atoms with Crippen LogP contribution in [0.3, 0.4) is 0 Å². The van der Waals surface area contributed by atoms with Crippen LogP contribution in [-0.2, 0) is 0 Å². The molecule has 4 aromatic rings. The van der Waals surface area contributed by atoms with Crippen molar-refractivity contribution in [1.29, 1.82) is 10.5 Å². The Morgan fingerprint density at radius 1 is 0.579 bits per heavy atom. The summed E-state index contributed by atoms with van der Waals surface area (Å²) in [4.78, 5) is 0. The number of benzene rings is 4. The molecule has 4 aromatic carbocycles. The number of aromatic hydroxyl groups is 4. The number of phenols is 4. The smallest absolute Gasteiger partial charge is 0.176 e. The molecule has 0 saturated heterocycles. The van der Waals surface area contributed by atoms with Crippen LogP contribution in [0.4, 0.5) is 0 Å². The Labute approximate surface area is 222 Å². The van der Waals surface area contributed by atoms with Crippen molar-refractivity contribution in [3.8, 4) is 46.3 Å². The fourth-order valence-electron chi connectivity index (χ4n) is 6.18. The molecule has 0 aliphatic carbocycles. The van der Waals surface area contributed by atoms with Crippen LogP contribution in [0.25, 0.3) is 32.7 Å². The molecule has 0 unspecified atom stereocenters. The van der Waals surface area contributed by atoms with Crippen molar-refractivity contribution < 1.29 is 20.4 Å². The van der Waals surface area contributed by atoms with Gasteiger partial charge in [0.2, 0.25) is 0 Å². The first-order valence-corrected chi connectivity index (χ1v) is 12.6. The zero-order valence-corrected chi connectivity index (χ0v) is 23.0. The molecule has 0 bridgehead atoms. The summed E-state index contributed by atoms with van der Waals surface area (Å²) in [5, 5.41) is 65.6. The third-order valence-corrected chi connectivity index (χ3v) is 7.69. The number of rotatable bonds is 3. The van der Waals surface area contributed by atoms with E-state index in [1.54, 1.807) is 0 Å². The maximum Gasteiger partial charge on any atom is 0.176 e. The molecular formula is C32H32N2O4. The van der Waals surface area contributed by atoms with Gasteiger partial charge >= 0.3 is 0 Å². The molecule has 6 heteroatoms. The second-order valence-electron chi connectivity index (χ2n) is 10.7. The molecule has 4 N–H and O–H groups in total. The summed E-state index contributed by atoms with van der Waals surface area (Å²) >= 11 is 0. The van der Waals surface area contributed by atoms with Gasteiger partial charge in [0.15, 0.2) is 23.0 Å². The van der Waals surface area contributed by atoms with Crippen molar-refractivity contribution in [3.63, 3.8) is 0 Å². The molecule has 0 aliphatic rings. The third-order valence-electron chi connectivity index (χ3n) is 7.69. The number of hydrogen-bond acceptors (Lipinski definition) is 6. The molecule has 0 atom stereocenters. The lowest BCUT2D eigenvalue weighted by Gasteiger charge is -2.24. The normalized spacial score (nSPS) is 11.5. The van der Waals surface area contributed by atoms with E-state index < -0.39 is 11.5 Å². The van der Waals surface area contributed by atoms with E-state index in [-0.39, 0.29) is 34.5 Å². The van der Waals surface area contributed by atoms with Crippen LogP contribution in [0.5, 0.6) is 23.0 Å². The largest absolute Gasteiger partial charge is 0.504 e. The van der Waals surface area contributed by atoms with Gasteiger partial charge in [0, 0.05) is 21.9 Å². The minimum Gasteiger partial charge on any atom is -0.504 e. The SMILES string of the molecule is Cc1cc2c(C(C)C)c(O)c(O)c(C#N)c2c(C)c1-c1c(C)cc2c(C(C)C)c(O)c(O)c(C#N)c2c1C. The Hall–Kier alpha value is -4.42. The number of nitrogens with zero attached hydrogens (tertiary/aromatic N) is 2. The Bertz CT molecular complexity index is 1640. The van der Waals surface area contributed by atoms with Gasteiger partial charge in [0.25, 0.3) is 0 Å². The second kappa shape index (κ2) is 9.15. The summed E-state index contributed by atoms with van der Waals surface area (Å²) in [6.07, 6.45) is 0. The zero-order valence-electron chi connectivity index (χ0n) is 23.0. The molecule has 0 heterocycles. The quantitative estimate of drug-likeness (QED) is 0.210. The molecule has 0 amide bonds. The first-order chi connectivity index (χ1) is 17.8. The predicted octanol–water partition coefficient (Wildman–Crippen LogP) is 7.71. The highest BCUT2D eigenvalue weighted by Gasteiger charge is 2.28. The van der Waals surface area contributed by atoms with Crippen molar-refractivity contribution >= 4 is 21.5 Å². The van der Waals surface area contributed by atoms with E-state index in [2.05, 4.69) is 12.1 Å². The monoisotopic (exact) mass is 508 g/mol. The Balaban J connectivity index is 2.28. The summed E-state index contributed by atoms with van der Waals surface area (Å²) in [7, 11) is 0. The molecule has 4 rings (SSSR count). The predicted molar refractivity (Wildman–Crippen MR) is 150 cm³/mol. The van der Waals surface area contributed by atoms with Crippen LogP contribution >= 0.6 is 0 Å². The average molecular weight is 509 g/mol. The molecule has 0 saturated carbocycles. The van der Waals surface area contributed by atoms with Crippen molar-refractivity contribution in [1.82, 2.24) is 0 Å². The number of fused-ring (bicyclic) bond motifs is 2. The van der Waals surface area contributed by atoms with Gasteiger partial charge in [0.1, 0.15) is 23.3 Å². The minimum atomic E-state index is -0.428. The van der Waals surface area contributed by atoms with Gasteiger partial charge in [-0.1, -0.05) is 39.8 Å². The van der Waals surface area contributed by atoms with Crippen LogP contribution in [0, 0.1) is 50.4 Å². The van der Waals surface area contributed by atoms with Crippen LogP contribution < -0.4 is 0 Å². The van der Waals surface area contributed by atoms with Gasteiger partial charge in [-0.05, 0) is 83.7 Å². The summed E-state index contributed by atoms with van der Waals surface area (Å²) in [5.74, 6) is -1.61. The lowest BCUT2D eigenvalue weighted by molar-refractivity contribution is 0.398. The first kappa shape index (κ1) is 26.6. The summed E-state index contributed by atoms with van der Waals surface area (Å²) < 4.78 is 0. The molecule has 0 aliphatic heterocycles. The van der Waals surface area contributed by atoms with E-state index in [1.807, 2.05) is 67.5 Å². The highest BCUT2D eigenvalue weighted by atomic mass is 16.3. The fraction of sp³-hybridized carbons (Fsp3) is 0.312. The molecule has 38 heavy (non-hydrogen) atoms. The Morgan fingerprint density at radius 2 is 0.895 bits per heavy atom. The molecule has 6 nitrogen and oxygen atoms in total. The minimum absolute atomic E-state index is 0.0131. The summed E-state index contributed by atoms with van der Waals surface area (Å²) in [5.41, 5.74) is 6.24. The molecule has 0 aromatic heterocycles. The average Bonchev–Trinajstić information content (AvgIpc) is 2.83. The van der Waals surface area contributed by atoms with Gasteiger partial charge < -0.3 is 20.4 Å². The maximum atomic E-state index is 10.8. The summed E-state index contributed by atoms with van der Waals surface area (Å²) in [6, 6.07) is 8.04. The molecule has 0 spiro atoms. The number of nitriles is 2. The highest BCUT2D eigenvalue weighted by Crippen LogP contribution is 2.50. The fourth-order valence-corrected chi connectivity index (χ4v) is 6.18. The van der Waals surface area contributed by atoms with E-state index >= 15 is 0 Å². The van der Waals surface area contributed by atoms with Gasteiger partial charge in [0.05, 0.1) is 0 Å². The van der Waals surface area contributed by atoms with Crippen LogP contribution in [0.2, 0.25) is 0 Å². The molecule has 0 radical (unpaired) electrons. The van der Waals surface area contributed by atoms with E-state index in [4.69, 9.17) is 0 Å². The van der Waals surface area contributed by atoms with E-state index in [1.165, 1.54) is 0 Å². The van der Waals surface area contributed by atoms with Crippen molar-refractivity contribution in [3.05, 3.63) is 56.6 Å². The van der Waals surface area contributed by atoms with Gasteiger partial charge in [-0.3, -0.25) is 0 Å². The third kappa shape index (κ3) is 3.52. The first-order valence-electron chi connectivity index (χ1n) is 12.6. The van der Waals surface area contributed by atoms with E-state index in [9.17, 15) is 30.9 Å². The number of hydrogen-bond donors (Lipinski definition) is 4. The highest BCUT2D eigenvalue weighted by molar-refractivity contribution is 6.06. The lowest BCUT2D eigenvalue weighted by atomic mass is 9.80. The standard InChI is InChI=1S/C32H32N2O4/c1-13(2)23-19-9-15(5)25(17(7)27(19)21(11-33)29(35)31(23)37)26-16(6)10-20-24(14(3)4)32(38)30(36)22(12-34)28(20)18(26)8/h9-10,13-14,35-38H,1-8H3. The zero-order chi connectivity index (χ0) is 28.4. The topological polar surface area (TPSA) is 128 Å². The van der Waals surface area contributed by atoms with Gasteiger partial charge in [-0.15, -0.1) is 0 Å². The number of aryl methyl sites for hydroxylation is 4. The Morgan fingerprint density at radius 3 is 1.16 bits per heavy atom. The van der Waals surface area contributed by atoms with Gasteiger partial charge in [-0.25, -0.2) is 0 Å². The molecule has 0 fully saturated rings. The van der Waals surface area contributed by atoms with E-state index in [0.29, 0.717) is 32.7 Å².